The van der Waals surface area contributed by atoms with Crippen LogP contribution in [0.1, 0.15) is 28.4 Å². The van der Waals surface area contributed by atoms with Crippen molar-refractivity contribution in [1.82, 2.24) is 0 Å². The van der Waals surface area contributed by atoms with Gasteiger partial charge in [-0.2, -0.15) is 0 Å². The highest BCUT2D eigenvalue weighted by Gasteiger charge is 2.16. The maximum absolute atomic E-state index is 12.4. The number of hydrogen-bond donors (Lipinski definition) is 1. The largest absolute Gasteiger partial charge is 0.479 e. The van der Waals surface area contributed by atoms with Crippen LogP contribution in [0.25, 0.3) is 0 Å². The van der Waals surface area contributed by atoms with Gasteiger partial charge >= 0.3 is 5.97 Å². The summed E-state index contributed by atoms with van der Waals surface area (Å²) in [5, 5.41) is 2.90. The van der Waals surface area contributed by atoms with Crippen LogP contribution in [0.4, 0.5) is 5.69 Å². The summed E-state index contributed by atoms with van der Waals surface area (Å²) in [6.45, 7) is 6.08. The Hall–Kier alpha value is -2.86. The zero-order valence-electron chi connectivity index (χ0n) is 16.1. The molecule has 0 aliphatic rings. The highest BCUT2D eigenvalue weighted by atomic mass is 16.6. The number of aryl methyl sites for hydroxylation is 2. The molecule has 0 saturated heterocycles. The SMILES string of the molecule is COCCOC(=O)[C@H](C)Oc1ccc(C(=O)Nc2ccc(C)cc2C)cc1. The van der Waals surface area contributed by atoms with Gasteiger partial charge in [-0.3, -0.25) is 4.79 Å². The van der Waals surface area contributed by atoms with E-state index >= 15 is 0 Å². The average molecular weight is 371 g/mol. The van der Waals surface area contributed by atoms with Gasteiger partial charge in [-0.15, -0.1) is 0 Å². The lowest BCUT2D eigenvalue weighted by molar-refractivity contribution is -0.152. The van der Waals surface area contributed by atoms with Crippen molar-refractivity contribution in [3.8, 4) is 5.75 Å². The van der Waals surface area contributed by atoms with E-state index in [2.05, 4.69) is 5.32 Å². The molecule has 1 atom stereocenters. The molecular formula is C21H25NO5. The van der Waals surface area contributed by atoms with Gasteiger partial charge in [0.1, 0.15) is 12.4 Å². The summed E-state index contributed by atoms with van der Waals surface area (Å²) in [7, 11) is 1.53. The molecule has 1 N–H and O–H groups in total. The number of nitrogens with one attached hydrogen (secondary N) is 1. The molecule has 0 aliphatic heterocycles. The summed E-state index contributed by atoms with van der Waals surface area (Å²) in [5.74, 6) is -0.196. The van der Waals surface area contributed by atoms with Crippen LogP contribution in [0, 0.1) is 13.8 Å². The molecular weight excluding hydrogens is 346 g/mol. The number of methoxy groups -OCH3 is 1. The number of esters is 1. The summed E-state index contributed by atoms with van der Waals surface area (Å²) in [6.07, 6.45) is -0.753. The van der Waals surface area contributed by atoms with Crippen molar-refractivity contribution in [1.29, 1.82) is 0 Å². The predicted molar refractivity (Wildman–Crippen MR) is 103 cm³/mol. The summed E-state index contributed by atoms with van der Waals surface area (Å²) >= 11 is 0. The maximum atomic E-state index is 12.4. The quantitative estimate of drug-likeness (QED) is 0.568. The van der Waals surface area contributed by atoms with Crippen molar-refractivity contribution >= 4 is 17.6 Å². The van der Waals surface area contributed by atoms with E-state index in [0.717, 1.165) is 16.8 Å². The fraction of sp³-hybridized carbons (Fsp3) is 0.333. The standard InChI is InChI=1S/C21H25NO5/c1-14-5-10-19(15(2)13-14)22-20(23)17-6-8-18(9-7-17)27-16(3)21(24)26-12-11-25-4/h5-10,13,16H,11-12H2,1-4H3,(H,22,23)/t16-/m0/s1. The molecule has 2 aromatic rings. The van der Waals surface area contributed by atoms with Crippen LogP contribution < -0.4 is 10.1 Å². The highest BCUT2D eigenvalue weighted by molar-refractivity contribution is 6.04. The van der Waals surface area contributed by atoms with Crippen molar-refractivity contribution in [3.63, 3.8) is 0 Å². The molecule has 0 fully saturated rings. The van der Waals surface area contributed by atoms with Gasteiger partial charge in [0.25, 0.3) is 5.91 Å². The van der Waals surface area contributed by atoms with Crippen molar-refractivity contribution in [2.24, 2.45) is 0 Å². The molecule has 0 spiro atoms. The minimum Gasteiger partial charge on any atom is -0.479 e. The predicted octanol–water partition coefficient (Wildman–Crippen LogP) is 3.51. The fourth-order valence-electron chi connectivity index (χ4n) is 2.43. The van der Waals surface area contributed by atoms with Crippen LogP contribution in [-0.4, -0.2) is 38.3 Å². The summed E-state index contributed by atoms with van der Waals surface area (Å²) in [6, 6.07) is 12.4. The van der Waals surface area contributed by atoms with Gasteiger partial charge in [-0.1, -0.05) is 17.7 Å². The first-order valence-corrected chi connectivity index (χ1v) is 8.71. The molecule has 0 radical (unpaired) electrons. The molecule has 0 aliphatic carbocycles. The number of amides is 1. The van der Waals surface area contributed by atoms with E-state index in [1.54, 1.807) is 31.2 Å². The van der Waals surface area contributed by atoms with Gasteiger partial charge < -0.3 is 19.5 Å². The Morgan fingerprint density at radius 3 is 2.37 bits per heavy atom. The minimum atomic E-state index is -0.753. The molecule has 2 rings (SSSR count). The van der Waals surface area contributed by atoms with E-state index in [1.165, 1.54) is 7.11 Å². The van der Waals surface area contributed by atoms with Crippen LogP contribution >= 0.6 is 0 Å². The summed E-state index contributed by atoms with van der Waals surface area (Å²) in [4.78, 5) is 24.2. The van der Waals surface area contributed by atoms with Crippen molar-refractivity contribution in [2.75, 3.05) is 25.6 Å². The number of ether oxygens (including phenoxy) is 3. The Kier molecular flexibility index (Phi) is 7.37. The molecule has 0 unspecified atom stereocenters. The lowest BCUT2D eigenvalue weighted by Gasteiger charge is -2.14. The number of carbonyl (C=O) groups is 2. The first-order valence-electron chi connectivity index (χ1n) is 8.71. The number of anilines is 1. The van der Waals surface area contributed by atoms with Crippen LogP contribution in [0.5, 0.6) is 5.75 Å². The van der Waals surface area contributed by atoms with Gasteiger partial charge in [0, 0.05) is 18.4 Å². The molecule has 2 aromatic carbocycles. The molecule has 0 aromatic heterocycles. The molecule has 6 nitrogen and oxygen atoms in total. The maximum Gasteiger partial charge on any atom is 0.347 e. The van der Waals surface area contributed by atoms with Gasteiger partial charge in [0.2, 0.25) is 0 Å². The molecule has 0 saturated carbocycles. The third-order valence-electron chi connectivity index (χ3n) is 3.92. The third kappa shape index (κ3) is 6.11. The van der Waals surface area contributed by atoms with E-state index in [-0.39, 0.29) is 12.5 Å². The smallest absolute Gasteiger partial charge is 0.347 e. The molecule has 144 valence electrons. The second-order valence-electron chi connectivity index (χ2n) is 6.22. The van der Waals surface area contributed by atoms with E-state index in [1.807, 2.05) is 32.0 Å². The average Bonchev–Trinajstić information content (AvgIpc) is 2.64. The van der Waals surface area contributed by atoms with Gasteiger partial charge in [-0.25, -0.2) is 4.79 Å². The molecule has 0 bridgehead atoms. The Labute approximate surface area is 159 Å². The van der Waals surface area contributed by atoms with Crippen molar-refractivity contribution < 1.29 is 23.8 Å². The monoisotopic (exact) mass is 371 g/mol. The Balaban J connectivity index is 1.93. The second kappa shape index (κ2) is 9.73. The Bertz CT molecular complexity index is 786. The van der Waals surface area contributed by atoms with Crippen molar-refractivity contribution in [2.45, 2.75) is 26.9 Å². The molecule has 6 heteroatoms. The van der Waals surface area contributed by atoms with Crippen LogP contribution in [0.3, 0.4) is 0 Å². The van der Waals surface area contributed by atoms with Crippen LogP contribution in [0.15, 0.2) is 42.5 Å². The Morgan fingerprint density at radius 1 is 1.04 bits per heavy atom. The number of benzene rings is 2. The number of hydrogen-bond acceptors (Lipinski definition) is 5. The molecule has 0 heterocycles. The zero-order valence-corrected chi connectivity index (χ0v) is 16.1. The zero-order chi connectivity index (χ0) is 19.8. The normalized spacial score (nSPS) is 11.6. The first kappa shape index (κ1) is 20.5. The van der Waals surface area contributed by atoms with Crippen LogP contribution in [-0.2, 0) is 14.3 Å². The summed E-state index contributed by atoms with van der Waals surface area (Å²) in [5.41, 5.74) is 3.42. The topological polar surface area (TPSA) is 73.9 Å². The second-order valence-corrected chi connectivity index (χ2v) is 6.22. The number of carbonyl (C=O) groups excluding carboxylic acids is 2. The number of rotatable bonds is 8. The molecule has 1 amide bonds. The highest BCUT2D eigenvalue weighted by Crippen LogP contribution is 2.19. The summed E-state index contributed by atoms with van der Waals surface area (Å²) < 4.78 is 15.4. The lowest BCUT2D eigenvalue weighted by atomic mass is 10.1. The minimum absolute atomic E-state index is 0.181. The van der Waals surface area contributed by atoms with Gasteiger partial charge in [0.05, 0.1) is 6.61 Å². The van der Waals surface area contributed by atoms with E-state index in [4.69, 9.17) is 14.2 Å². The van der Waals surface area contributed by atoms with Gasteiger partial charge in [0.15, 0.2) is 6.10 Å². The van der Waals surface area contributed by atoms with E-state index in [0.29, 0.717) is 17.9 Å². The third-order valence-corrected chi connectivity index (χ3v) is 3.92. The fourth-order valence-corrected chi connectivity index (χ4v) is 2.43. The van der Waals surface area contributed by atoms with E-state index < -0.39 is 12.1 Å². The van der Waals surface area contributed by atoms with E-state index in [9.17, 15) is 9.59 Å². The lowest BCUT2D eigenvalue weighted by Crippen LogP contribution is -2.27. The first-order chi connectivity index (χ1) is 12.9. The Morgan fingerprint density at radius 2 is 1.74 bits per heavy atom. The van der Waals surface area contributed by atoms with Crippen molar-refractivity contribution in [3.05, 3.63) is 59.2 Å². The van der Waals surface area contributed by atoms with Crippen LogP contribution in [0.2, 0.25) is 0 Å². The van der Waals surface area contributed by atoms with Gasteiger partial charge in [-0.05, 0) is 56.7 Å². The molecule has 27 heavy (non-hydrogen) atoms.